The van der Waals surface area contributed by atoms with Gasteiger partial charge in [-0.25, -0.2) is 0 Å². The van der Waals surface area contributed by atoms with Gasteiger partial charge in [0, 0.05) is 16.5 Å². The fourth-order valence-corrected chi connectivity index (χ4v) is 3.71. The quantitative estimate of drug-likeness (QED) is 0.820. The lowest BCUT2D eigenvalue weighted by Crippen LogP contribution is -2.52. The molecular formula is C18H17ClN2O2S. The Morgan fingerprint density at radius 3 is 2.67 bits per heavy atom. The Morgan fingerprint density at radius 1 is 1.21 bits per heavy atom. The molecule has 0 radical (unpaired) electrons. The van der Waals surface area contributed by atoms with Gasteiger partial charge in [0.25, 0.3) is 0 Å². The van der Waals surface area contributed by atoms with Crippen molar-refractivity contribution in [1.29, 1.82) is 0 Å². The zero-order valence-corrected chi connectivity index (χ0v) is 14.7. The third-order valence-electron chi connectivity index (χ3n) is 3.93. The zero-order valence-electron chi connectivity index (χ0n) is 13.1. The summed E-state index contributed by atoms with van der Waals surface area (Å²) in [6, 6.07) is 15.0. The smallest absolute Gasteiger partial charge is 0.250 e. The van der Waals surface area contributed by atoms with Gasteiger partial charge in [0.1, 0.15) is 0 Å². The van der Waals surface area contributed by atoms with Crippen molar-refractivity contribution in [3.63, 3.8) is 0 Å². The lowest BCUT2D eigenvalue weighted by atomic mass is 10.1. The van der Waals surface area contributed by atoms with Crippen molar-refractivity contribution in [1.82, 2.24) is 5.32 Å². The number of thioether (sulfide) groups is 1. The molecule has 2 aromatic rings. The molecule has 2 aromatic carbocycles. The highest BCUT2D eigenvalue weighted by Crippen LogP contribution is 2.42. The first kappa shape index (κ1) is 16.9. The molecule has 1 aliphatic heterocycles. The van der Waals surface area contributed by atoms with Crippen LogP contribution < -0.4 is 10.6 Å². The van der Waals surface area contributed by atoms with Gasteiger partial charge in [-0.15, -0.1) is 0 Å². The fraction of sp³-hybridized carbons (Fsp3) is 0.222. The van der Waals surface area contributed by atoms with Gasteiger partial charge in [-0.1, -0.05) is 47.6 Å². The molecule has 0 saturated carbocycles. The van der Waals surface area contributed by atoms with Crippen molar-refractivity contribution in [3.05, 3.63) is 59.1 Å². The van der Waals surface area contributed by atoms with Crippen LogP contribution >= 0.6 is 23.4 Å². The molecule has 3 rings (SSSR count). The van der Waals surface area contributed by atoms with E-state index in [1.54, 1.807) is 6.92 Å². The Kier molecular flexibility index (Phi) is 4.83. The Labute approximate surface area is 150 Å². The molecule has 6 heteroatoms. The number of rotatable bonds is 4. The molecule has 0 spiro atoms. The molecular weight excluding hydrogens is 344 g/mol. The summed E-state index contributed by atoms with van der Waals surface area (Å²) < 4.78 is -1.17. The van der Waals surface area contributed by atoms with Gasteiger partial charge in [-0.05, 0) is 43.2 Å². The molecule has 0 saturated heterocycles. The number of carbonyl (C=O) groups is 2. The first-order valence-corrected chi connectivity index (χ1v) is 8.81. The highest BCUT2D eigenvalue weighted by Gasteiger charge is 2.45. The van der Waals surface area contributed by atoms with Gasteiger partial charge >= 0.3 is 0 Å². The van der Waals surface area contributed by atoms with E-state index in [2.05, 4.69) is 10.6 Å². The third kappa shape index (κ3) is 3.42. The van der Waals surface area contributed by atoms with Crippen LogP contribution in [-0.2, 0) is 16.0 Å². The van der Waals surface area contributed by atoms with Gasteiger partial charge in [-0.3, -0.25) is 9.59 Å². The maximum absolute atomic E-state index is 12.6. The normalized spacial score (nSPS) is 19.3. The zero-order chi connectivity index (χ0) is 17.2. The summed E-state index contributed by atoms with van der Waals surface area (Å²) in [6.07, 6.45) is 0.682. The van der Waals surface area contributed by atoms with E-state index in [1.165, 1.54) is 11.8 Å². The van der Waals surface area contributed by atoms with Crippen LogP contribution in [0.1, 0.15) is 12.5 Å². The number of hydrogen-bond donors (Lipinski definition) is 2. The van der Waals surface area contributed by atoms with Gasteiger partial charge in [0.05, 0.1) is 5.69 Å². The van der Waals surface area contributed by atoms with Crippen molar-refractivity contribution in [2.24, 2.45) is 0 Å². The predicted octanol–water partition coefficient (Wildman–Crippen LogP) is 3.50. The van der Waals surface area contributed by atoms with E-state index < -0.39 is 4.75 Å². The number of benzene rings is 2. The number of amides is 2. The van der Waals surface area contributed by atoms with E-state index in [9.17, 15) is 9.59 Å². The van der Waals surface area contributed by atoms with Crippen LogP contribution in [0, 0.1) is 0 Å². The minimum atomic E-state index is -1.17. The molecule has 0 bridgehead atoms. The summed E-state index contributed by atoms with van der Waals surface area (Å²) in [4.78, 5) is 25.8. The molecule has 1 heterocycles. The van der Waals surface area contributed by atoms with E-state index in [-0.39, 0.29) is 11.8 Å². The van der Waals surface area contributed by atoms with Crippen LogP contribution in [0.2, 0.25) is 5.02 Å². The third-order valence-corrected chi connectivity index (χ3v) is 5.54. The Hall–Kier alpha value is -1.98. The fourth-order valence-electron chi connectivity index (χ4n) is 2.46. The summed E-state index contributed by atoms with van der Waals surface area (Å²) in [5.41, 5.74) is 1.83. The van der Waals surface area contributed by atoms with Crippen LogP contribution in [0.15, 0.2) is 53.4 Å². The molecule has 1 atom stereocenters. The van der Waals surface area contributed by atoms with E-state index in [0.29, 0.717) is 18.0 Å². The largest absolute Gasteiger partial charge is 0.354 e. The standard InChI is InChI=1S/C18H17ClN2O2S/c1-18(17(23)21-14-4-2-3-5-15(14)24-18)16(22)20-11-10-12-6-8-13(19)9-7-12/h2-9H,10-11H2,1H3,(H,20,22)(H,21,23). The number of para-hydroxylation sites is 1. The highest BCUT2D eigenvalue weighted by molar-refractivity contribution is 8.02. The van der Waals surface area contributed by atoms with Crippen LogP contribution in [0.3, 0.4) is 0 Å². The summed E-state index contributed by atoms with van der Waals surface area (Å²) in [5.74, 6) is -0.580. The molecule has 1 unspecified atom stereocenters. The van der Waals surface area contributed by atoms with Gasteiger partial charge in [0.15, 0.2) is 4.75 Å². The number of anilines is 1. The molecule has 124 valence electrons. The van der Waals surface area contributed by atoms with Crippen molar-refractivity contribution >= 4 is 40.9 Å². The number of carbonyl (C=O) groups excluding carboxylic acids is 2. The number of halogens is 1. The summed E-state index contributed by atoms with van der Waals surface area (Å²) in [5, 5.41) is 6.36. The van der Waals surface area contributed by atoms with Crippen LogP contribution in [0.25, 0.3) is 0 Å². The second-order valence-corrected chi connectivity index (χ2v) is 7.61. The molecule has 2 N–H and O–H groups in total. The van der Waals surface area contributed by atoms with Crippen molar-refractivity contribution in [2.45, 2.75) is 23.0 Å². The van der Waals surface area contributed by atoms with Crippen LogP contribution in [0.4, 0.5) is 5.69 Å². The Bertz CT molecular complexity index is 779. The summed E-state index contributed by atoms with van der Waals surface area (Å²) in [7, 11) is 0. The van der Waals surface area contributed by atoms with Gasteiger partial charge < -0.3 is 10.6 Å². The van der Waals surface area contributed by atoms with Gasteiger partial charge in [-0.2, -0.15) is 0 Å². The van der Waals surface area contributed by atoms with E-state index in [4.69, 9.17) is 11.6 Å². The number of hydrogen-bond acceptors (Lipinski definition) is 3. The molecule has 0 aromatic heterocycles. The molecule has 1 aliphatic rings. The van der Waals surface area contributed by atoms with E-state index >= 15 is 0 Å². The number of fused-ring (bicyclic) bond motifs is 1. The maximum atomic E-state index is 12.6. The minimum absolute atomic E-state index is 0.284. The van der Waals surface area contributed by atoms with Gasteiger partial charge in [0.2, 0.25) is 11.8 Å². The summed E-state index contributed by atoms with van der Waals surface area (Å²) >= 11 is 7.14. The summed E-state index contributed by atoms with van der Waals surface area (Å²) in [6.45, 7) is 2.12. The van der Waals surface area contributed by atoms with E-state index in [0.717, 1.165) is 16.1 Å². The Morgan fingerprint density at radius 2 is 1.92 bits per heavy atom. The second-order valence-electron chi connectivity index (χ2n) is 5.72. The van der Waals surface area contributed by atoms with Crippen LogP contribution in [0.5, 0.6) is 0 Å². The SMILES string of the molecule is CC1(C(=O)NCCc2ccc(Cl)cc2)Sc2ccccc2NC1=O. The monoisotopic (exact) mass is 360 g/mol. The van der Waals surface area contributed by atoms with Crippen molar-refractivity contribution in [3.8, 4) is 0 Å². The number of nitrogens with one attached hydrogen (secondary N) is 2. The average molecular weight is 361 g/mol. The molecule has 0 aliphatic carbocycles. The lowest BCUT2D eigenvalue weighted by Gasteiger charge is -2.31. The molecule has 2 amide bonds. The van der Waals surface area contributed by atoms with Crippen LogP contribution in [-0.4, -0.2) is 23.1 Å². The lowest BCUT2D eigenvalue weighted by molar-refractivity contribution is -0.129. The second kappa shape index (κ2) is 6.87. The molecule has 24 heavy (non-hydrogen) atoms. The average Bonchev–Trinajstić information content (AvgIpc) is 2.57. The van der Waals surface area contributed by atoms with E-state index in [1.807, 2.05) is 48.5 Å². The van der Waals surface area contributed by atoms with Crippen molar-refractivity contribution < 1.29 is 9.59 Å². The predicted molar refractivity (Wildman–Crippen MR) is 97.5 cm³/mol. The van der Waals surface area contributed by atoms with Crippen molar-refractivity contribution in [2.75, 3.05) is 11.9 Å². The highest BCUT2D eigenvalue weighted by atomic mass is 35.5. The molecule has 0 fully saturated rings. The Balaban J connectivity index is 1.63. The topological polar surface area (TPSA) is 58.2 Å². The minimum Gasteiger partial charge on any atom is -0.354 e. The maximum Gasteiger partial charge on any atom is 0.250 e. The first-order chi connectivity index (χ1) is 11.5. The first-order valence-electron chi connectivity index (χ1n) is 7.61. The molecule has 4 nitrogen and oxygen atoms in total.